The van der Waals surface area contributed by atoms with Gasteiger partial charge in [0.25, 0.3) is 0 Å². The highest BCUT2D eigenvalue weighted by molar-refractivity contribution is 6.31. The van der Waals surface area contributed by atoms with Crippen molar-refractivity contribution in [3.05, 3.63) is 34.9 Å². The lowest BCUT2D eigenvalue weighted by atomic mass is 10.1. The van der Waals surface area contributed by atoms with Gasteiger partial charge in [-0.25, -0.2) is 4.79 Å². The zero-order chi connectivity index (χ0) is 15.2. The molecule has 4 nitrogen and oxygen atoms in total. The highest BCUT2D eigenvalue weighted by Crippen LogP contribution is 2.17. The molecule has 1 rings (SSSR count). The Morgan fingerprint density at radius 2 is 2.05 bits per heavy atom. The molecule has 0 aliphatic heterocycles. The van der Waals surface area contributed by atoms with Crippen molar-refractivity contribution in [3.63, 3.8) is 0 Å². The topological polar surface area (TPSA) is 55.4 Å². The van der Waals surface area contributed by atoms with Gasteiger partial charge in [0.05, 0.1) is 6.04 Å². The van der Waals surface area contributed by atoms with E-state index in [0.29, 0.717) is 24.2 Å². The Labute approximate surface area is 124 Å². The second kappa shape index (κ2) is 7.29. The van der Waals surface area contributed by atoms with Gasteiger partial charge in [-0.2, -0.15) is 0 Å². The minimum absolute atomic E-state index is 0.479. The number of carbonyl (C=O) groups excluding carboxylic acids is 2. The lowest BCUT2D eigenvalue weighted by molar-refractivity contribution is -0.109. The summed E-state index contributed by atoms with van der Waals surface area (Å²) in [5, 5.41) is 3.20. The third kappa shape index (κ3) is 6.06. The first kappa shape index (κ1) is 16.5. The van der Waals surface area contributed by atoms with Crippen LogP contribution in [0.3, 0.4) is 0 Å². The van der Waals surface area contributed by atoms with E-state index in [2.05, 4.69) is 5.32 Å². The number of benzene rings is 1. The summed E-state index contributed by atoms with van der Waals surface area (Å²) in [6, 6.07) is 6.85. The summed E-state index contributed by atoms with van der Waals surface area (Å²) in [7, 11) is 0. The molecule has 0 aliphatic rings. The first-order valence-corrected chi connectivity index (χ1v) is 6.88. The number of amides is 1. The second-order valence-electron chi connectivity index (χ2n) is 5.52. The maximum atomic E-state index is 11.6. The smallest absolute Gasteiger partial charge is 0.408 e. The number of hydrogen-bond acceptors (Lipinski definition) is 3. The standard InChI is InChI=1S/C15H20ClNO3/c1-15(2,3)20-14(19)17-12(10-18)9-8-11-6-4-5-7-13(11)16/h4-7,10,12H,8-9H2,1-3H3,(H,17,19). The summed E-state index contributed by atoms with van der Waals surface area (Å²) in [5.41, 5.74) is 0.368. The first-order chi connectivity index (χ1) is 9.31. The predicted octanol–water partition coefficient (Wildman–Crippen LogP) is 3.36. The van der Waals surface area contributed by atoms with E-state index >= 15 is 0 Å². The Hall–Kier alpha value is -1.55. The average molecular weight is 298 g/mol. The van der Waals surface area contributed by atoms with Gasteiger partial charge in [-0.1, -0.05) is 29.8 Å². The molecule has 20 heavy (non-hydrogen) atoms. The number of alkyl carbamates (subject to hydrolysis) is 1. The van der Waals surface area contributed by atoms with E-state index in [1.165, 1.54) is 0 Å². The molecule has 0 radical (unpaired) electrons. The van der Waals surface area contributed by atoms with E-state index in [1.54, 1.807) is 26.8 Å². The molecule has 1 aromatic carbocycles. The van der Waals surface area contributed by atoms with Crippen LogP contribution < -0.4 is 5.32 Å². The van der Waals surface area contributed by atoms with Gasteiger partial charge < -0.3 is 14.8 Å². The van der Waals surface area contributed by atoms with Crippen LogP contribution in [0.5, 0.6) is 0 Å². The lowest BCUT2D eigenvalue weighted by Gasteiger charge is -2.21. The summed E-state index contributed by atoms with van der Waals surface area (Å²) in [6.07, 6.45) is 1.21. The molecule has 5 heteroatoms. The SMILES string of the molecule is CC(C)(C)OC(=O)NC(C=O)CCc1ccccc1Cl. The maximum Gasteiger partial charge on any atom is 0.408 e. The van der Waals surface area contributed by atoms with E-state index < -0.39 is 17.7 Å². The molecular formula is C15H20ClNO3. The Morgan fingerprint density at radius 1 is 1.40 bits per heavy atom. The van der Waals surface area contributed by atoms with E-state index in [0.717, 1.165) is 5.56 Å². The van der Waals surface area contributed by atoms with Crippen molar-refractivity contribution in [2.75, 3.05) is 0 Å². The zero-order valence-electron chi connectivity index (χ0n) is 12.0. The van der Waals surface area contributed by atoms with Crippen LogP contribution in [0.2, 0.25) is 5.02 Å². The number of ether oxygens (including phenoxy) is 1. The van der Waals surface area contributed by atoms with Gasteiger partial charge in [-0.05, 0) is 45.2 Å². The van der Waals surface area contributed by atoms with Gasteiger partial charge in [0.2, 0.25) is 0 Å². The fraction of sp³-hybridized carbons (Fsp3) is 0.467. The minimum atomic E-state index is -0.589. The van der Waals surface area contributed by atoms with Gasteiger partial charge in [-0.15, -0.1) is 0 Å². The highest BCUT2D eigenvalue weighted by atomic mass is 35.5. The monoisotopic (exact) mass is 297 g/mol. The van der Waals surface area contributed by atoms with Crippen LogP contribution in [0.25, 0.3) is 0 Å². The summed E-state index contributed by atoms with van der Waals surface area (Å²) < 4.78 is 5.11. The van der Waals surface area contributed by atoms with Crippen LogP contribution in [0.4, 0.5) is 4.79 Å². The summed E-state index contributed by atoms with van der Waals surface area (Å²) in [6.45, 7) is 5.31. The van der Waals surface area contributed by atoms with E-state index in [1.807, 2.05) is 18.2 Å². The molecule has 0 bridgehead atoms. The molecule has 0 aliphatic carbocycles. The Kier molecular flexibility index (Phi) is 6.02. The summed E-state index contributed by atoms with van der Waals surface area (Å²) >= 11 is 6.04. The number of aldehydes is 1. The van der Waals surface area contributed by atoms with Gasteiger partial charge in [0.1, 0.15) is 11.9 Å². The fourth-order valence-corrected chi connectivity index (χ4v) is 1.88. The van der Waals surface area contributed by atoms with Gasteiger partial charge >= 0.3 is 6.09 Å². The minimum Gasteiger partial charge on any atom is -0.444 e. The molecule has 1 atom stereocenters. The number of halogens is 1. The second-order valence-corrected chi connectivity index (χ2v) is 5.93. The van der Waals surface area contributed by atoms with E-state index in [-0.39, 0.29) is 0 Å². The zero-order valence-corrected chi connectivity index (χ0v) is 12.7. The van der Waals surface area contributed by atoms with Crippen molar-refractivity contribution in [3.8, 4) is 0 Å². The van der Waals surface area contributed by atoms with Crippen LogP contribution in [-0.4, -0.2) is 24.0 Å². The fourth-order valence-electron chi connectivity index (χ4n) is 1.65. The van der Waals surface area contributed by atoms with Crippen molar-refractivity contribution in [2.45, 2.75) is 45.3 Å². The third-order valence-corrected chi connectivity index (χ3v) is 2.92. The van der Waals surface area contributed by atoms with Crippen molar-refractivity contribution >= 4 is 24.0 Å². The van der Waals surface area contributed by atoms with Crippen molar-refractivity contribution in [2.24, 2.45) is 0 Å². The molecule has 1 N–H and O–H groups in total. The molecule has 0 heterocycles. The summed E-state index contributed by atoms with van der Waals surface area (Å²) in [5.74, 6) is 0. The molecule has 0 fully saturated rings. The molecule has 1 unspecified atom stereocenters. The predicted molar refractivity (Wildman–Crippen MR) is 79.0 cm³/mol. The average Bonchev–Trinajstić information content (AvgIpc) is 2.34. The molecular weight excluding hydrogens is 278 g/mol. The number of hydrogen-bond donors (Lipinski definition) is 1. The van der Waals surface area contributed by atoms with Crippen LogP contribution in [0, 0.1) is 0 Å². The van der Waals surface area contributed by atoms with Crippen LogP contribution in [-0.2, 0) is 16.0 Å². The van der Waals surface area contributed by atoms with Crippen molar-refractivity contribution < 1.29 is 14.3 Å². The Bertz CT molecular complexity index is 468. The Morgan fingerprint density at radius 3 is 2.60 bits per heavy atom. The molecule has 0 aromatic heterocycles. The Balaban J connectivity index is 2.50. The van der Waals surface area contributed by atoms with Crippen molar-refractivity contribution in [1.82, 2.24) is 5.32 Å². The largest absolute Gasteiger partial charge is 0.444 e. The van der Waals surface area contributed by atoms with Crippen LogP contribution in [0.15, 0.2) is 24.3 Å². The number of nitrogens with one attached hydrogen (secondary N) is 1. The maximum absolute atomic E-state index is 11.6. The molecule has 0 spiro atoms. The molecule has 0 saturated carbocycles. The van der Waals surface area contributed by atoms with Crippen molar-refractivity contribution in [1.29, 1.82) is 0 Å². The number of carbonyl (C=O) groups is 2. The van der Waals surface area contributed by atoms with Crippen LogP contribution in [0.1, 0.15) is 32.8 Å². The first-order valence-electron chi connectivity index (χ1n) is 6.50. The van der Waals surface area contributed by atoms with E-state index in [4.69, 9.17) is 16.3 Å². The van der Waals surface area contributed by atoms with Gasteiger partial charge in [0, 0.05) is 5.02 Å². The molecule has 110 valence electrons. The normalized spacial score (nSPS) is 12.6. The highest BCUT2D eigenvalue weighted by Gasteiger charge is 2.19. The van der Waals surface area contributed by atoms with E-state index in [9.17, 15) is 9.59 Å². The van der Waals surface area contributed by atoms with Gasteiger partial charge in [-0.3, -0.25) is 0 Å². The quantitative estimate of drug-likeness (QED) is 0.848. The molecule has 0 saturated heterocycles. The third-order valence-electron chi connectivity index (χ3n) is 2.55. The number of aryl methyl sites for hydroxylation is 1. The molecule has 1 amide bonds. The summed E-state index contributed by atoms with van der Waals surface area (Å²) in [4.78, 5) is 22.6. The number of rotatable bonds is 5. The van der Waals surface area contributed by atoms with Crippen LogP contribution >= 0.6 is 11.6 Å². The molecule has 1 aromatic rings. The van der Waals surface area contributed by atoms with Gasteiger partial charge in [0.15, 0.2) is 0 Å². The lowest BCUT2D eigenvalue weighted by Crippen LogP contribution is -2.40.